The van der Waals surface area contributed by atoms with Gasteiger partial charge in [0.05, 0.1) is 38.4 Å². The van der Waals surface area contributed by atoms with E-state index in [4.69, 9.17) is 46.4 Å². The van der Waals surface area contributed by atoms with Crippen LogP contribution in [0.3, 0.4) is 0 Å². The standard InChI is InChI=1S/C31H40Cl2N2O3S.C29H37Cl2NO2S/c1-8-16-31(7)18-27(24-10-9-11-26(33)17-24)29(23-12-14-25(32)15-13-23)35(30(31)37)28(20(2)3)19-39(38,21(4)5)34-22(6)36;1-7-15-29(6)17-25(22-9-8-10-24(31)16-22)27(21-11-13-23(30)14-12-21)32(28(29)33)26(19(2)3)18-35(34)20(4)5/h8-15,17,20-21,27-29H,1,16,18-19H2,2-7H3;7-14,16,19-20,25-27H,1,15,17-18H2,2-6H3/t27-,28-,29-,31+,39?;25-,26-,27-,29+,35?/m11/s1. The van der Waals surface area contributed by atoms with Crippen molar-refractivity contribution >= 4 is 84.7 Å². The molecule has 402 valence electrons. The molecule has 4 aromatic rings. The highest BCUT2D eigenvalue weighted by Gasteiger charge is 2.53. The smallest absolute Gasteiger partial charge is 0.250 e. The molecule has 74 heavy (non-hydrogen) atoms. The number of likely N-dealkylation sites (tertiary alicyclic amines) is 2. The van der Waals surface area contributed by atoms with Gasteiger partial charge in [-0.1, -0.05) is 176 Å². The summed E-state index contributed by atoms with van der Waals surface area (Å²) in [4.78, 5) is 45.0. The number of piperidine rings is 2. The van der Waals surface area contributed by atoms with Gasteiger partial charge in [-0.25, -0.2) is 4.21 Å². The fourth-order valence-corrected chi connectivity index (χ4v) is 14.9. The van der Waals surface area contributed by atoms with Gasteiger partial charge in [-0.05, 0) is 108 Å². The molecular formula is C60H77Cl4N3O5S2. The van der Waals surface area contributed by atoms with E-state index < -0.39 is 43.3 Å². The Morgan fingerprint density at radius 2 is 1.05 bits per heavy atom. The van der Waals surface area contributed by atoms with Crippen molar-refractivity contribution < 1.29 is 22.8 Å². The minimum atomic E-state index is -2.95. The number of allylic oxidation sites excluding steroid dienone is 2. The Morgan fingerprint density at radius 1 is 0.662 bits per heavy atom. The summed E-state index contributed by atoms with van der Waals surface area (Å²) in [6.07, 6.45) is 5.95. The molecule has 10 atom stereocenters. The normalized spacial score (nSPS) is 24.3. The maximum atomic E-state index is 14.6. The number of hydrogen-bond donors (Lipinski definition) is 0. The zero-order chi connectivity index (χ0) is 55.0. The predicted octanol–water partition coefficient (Wildman–Crippen LogP) is 15.9. The van der Waals surface area contributed by atoms with Crippen molar-refractivity contribution in [2.24, 2.45) is 27.0 Å². The lowest BCUT2D eigenvalue weighted by molar-refractivity contribution is -0.155. The second-order valence-electron chi connectivity index (χ2n) is 22.0. The Balaban J connectivity index is 0.000000276. The highest BCUT2D eigenvalue weighted by Crippen LogP contribution is 2.54. The quantitative estimate of drug-likeness (QED) is 0.0923. The lowest BCUT2D eigenvalue weighted by Gasteiger charge is -2.53. The highest BCUT2D eigenvalue weighted by atomic mass is 35.5. The van der Waals surface area contributed by atoms with Gasteiger partial charge in [0.1, 0.15) is 0 Å². The molecule has 2 heterocycles. The SMILES string of the molecule is C=CC[C@@]1(C)C[C@H](c2cccc(Cl)c2)[C@@H](c2ccc(Cl)cc2)N([C@H](CS(=O)(=NC(C)=O)C(C)C)C(C)C)C1=O.C=CC[C@@]1(C)C[C@H](c2cccc(Cl)c2)[C@@H](c2ccc(Cl)cc2)N([C@H](CS(=O)C(C)C)C(C)C)C1=O. The second-order valence-corrected chi connectivity index (χ2v) is 28.6. The van der Waals surface area contributed by atoms with Gasteiger partial charge in [-0.15, -0.1) is 13.2 Å². The van der Waals surface area contributed by atoms with Crippen molar-refractivity contribution in [3.05, 3.63) is 165 Å². The molecule has 0 aliphatic carbocycles. The third kappa shape index (κ3) is 14.4. The molecule has 0 N–H and O–H groups in total. The van der Waals surface area contributed by atoms with E-state index in [2.05, 4.69) is 43.5 Å². The number of nitrogens with zero attached hydrogens (tertiary/aromatic N) is 3. The Morgan fingerprint density at radius 3 is 1.38 bits per heavy atom. The monoisotopic (exact) mass is 1120 g/mol. The molecule has 2 fully saturated rings. The van der Waals surface area contributed by atoms with E-state index in [-0.39, 0.29) is 69.9 Å². The third-order valence-electron chi connectivity index (χ3n) is 14.9. The summed E-state index contributed by atoms with van der Waals surface area (Å²) in [5.74, 6) is 0.118. The zero-order valence-electron chi connectivity index (χ0n) is 45.0. The van der Waals surface area contributed by atoms with Crippen molar-refractivity contribution in [2.75, 3.05) is 11.5 Å². The number of hydrogen-bond acceptors (Lipinski definition) is 5. The summed E-state index contributed by atoms with van der Waals surface area (Å²) >= 11 is 25.4. The minimum Gasteiger partial charge on any atom is -0.330 e. The third-order valence-corrected chi connectivity index (χ3v) is 20.5. The van der Waals surface area contributed by atoms with Crippen molar-refractivity contribution in [2.45, 2.75) is 148 Å². The fraction of sp³-hybridized carbons (Fsp3) is 0.483. The van der Waals surface area contributed by atoms with Crippen LogP contribution in [0.1, 0.15) is 148 Å². The van der Waals surface area contributed by atoms with Gasteiger partial charge in [0.25, 0.3) is 5.91 Å². The summed E-state index contributed by atoms with van der Waals surface area (Å²) in [6, 6.07) is 29.9. The van der Waals surface area contributed by atoms with Crippen LogP contribution in [0.15, 0.2) is 127 Å². The molecule has 2 unspecified atom stereocenters. The van der Waals surface area contributed by atoms with Crippen LogP contribution in [0.5, 0.6) is 0 Å². The van der Waals surface area contributed by atoms with Crippen LogP contribution in [0, 0.1) is 22.7 Å². The van der Waals surface area contributed by atoms with Gasteiger partial charge in [0.2, 0.25) is 11.8 Å². The van der Waals surface area contributed by atoms with E-state index in [0.717, 1.165) is 22.3 Å². The molecule has 6 rings (SSSR count). The number of carbonyl (C=O) groups is 3. The van der Waals surface area contributed by atoms with Crippen LogP contribution in [-0.2, 0) is 34.9 Å². The van der Waals surface area contributed by atoms with Gasteiger partial charge >= 0.3 is 0 Å². The van der Waals surface area contributed by atoms with Crippen LogP contribution in [-0.4, -0.2) is 70.0 Å². The number of rotatable bonds is 18. The van der Waals surface area contributed by atoms with Crippen molar-refractivity contribution in [1.82, 2.24) is 9.80 Å². The van der Waals surface area contributed by atoms with E-state index in [9.17, 15) is 22.8 Å². The molecule has 4 aromatic carbocycles. The van der Waals surface area contributed by atoms with Crippen LogP contribution in [0.4, 0.5) is 0 Å². The summed E-state index contributed by atoms with van der Waals surface area (Å²) in [6.45, 7) is 29.1. The molecule has 3 amide bonds. The Bertz CT molecular complexity index is 2770. The van der Waals surface area contributed by atoms with Crippen molar-refractivity contribution in [3.8, 4) is 0 Å². The number of amides is 3. The maximum absolute atomic E-state index is 14.6. The van der Waals surface area contributed by atoms with Crippen LogP contribution < -0.4 is 0 Å². The number of halogens is 4. The molecule has 0 aromatic heterocycles. The molecule has 0 saturated carbocycles. The Hall–Kier alpha value is -3.77. The van der Waals surface area contributed by atoms with Crippen molar-refractivity contribution in [1.29, 1.82) is 0 Å². The number of benzene rings is 4. The van der Waals surface area contributed by atoms with Crippen LogP contribution >= 0.6 is 46.4 Å². The topological polar surface area (TPSA) is 104 Å². The van der Waals surface area contributed by atoms with Gasteiger partial charge in [0.15, 0.2) is 0 Å². The average molecular weight is 1130 g/mol. The van der Waals surface area contributed by atoms with E-state index in [0.29, 0.717) is 51.5 Å². The first-order valence-electron chi connectivity index (χ1n) is 25.7. The Kier molecular flexibility index (Phi) is 21.5. The molecule has 0 bridgehead atoms. The summed E-state index contributed by atoms with van der Waals surface area (Å²) in [5.41, 5.74) is 2.72. The average Bonchev–Trinajstić information content (AvgIpc) is 3.32. The summed E-state index contributed by atoms with van der Waals surface area (Å²) < 4.78 is 31.4. The minimum absolute atomic E-state index is 0.00580. The van der Waals surface area contributed by atoms with E-state index >= 15 is 0 Å². The molecule has 2 aliphatic heterocycles. The molecule has 8 nitrogen and oxygen atoms in total. The van der Waals surface area contributed by atoms with Crippen molar-refractivity contribution in [3.63, 3.8) is 0 Å². The van der Waals surface area contributed by atoms with Crippen LogP contribution in [0.2, 0.25) is 20.1 Å². The first kappa shape index (κ1) is 61.1. The number of carbonyl (C=O) groups excluding carboxylic acids is 3. The zero-order valence-corrected chi connectivity index (χ0v) is 49.7. The summed E-state index contributed by atoms with van der Waals surface area (Å²) in [7, 11) is -4.01. The molecule has 14 heteroatoms. The largest absolute Gasteiger partial charge is 0.330 e. The van der Waals surface area contributed by atoms with Crippen LogP contribution in [0.25, 0.3) is 0 Å². The lowest BCUT2D eigenvalue weighted by atomic mass is 9.67. The molecule has 0 radical (unpaired) electrons. The lowest BCUT2D eigenvalue weighted by Crippen LogP contribution is -2.58. The van der Waals surface area contributed by atoms with E-state index in [1.807, 2.05) is 156 Å². The summed E-state index contributed by atoms with van der Waals surface area (Å²) in [5, 5.41) is 2.21. The maximum Gasteiger partial charge on any atom is 0.250 e. The first-order chi connectivity index (χ1) is 34.7. The van der Waals surface area contributed by atoms with Gasteiger partial charge in [-0.3, -0.25) is 18.6 Å². The molecule has 0 spiro atoms. The first-order valence-corrected chi connectivity index (χ1v) is 30.4. The second kappa shape index (κ2) is 26.0. The predicted molar refractivity (Wildman–Crippen MR) is 312 cm³/mol. The van der Waals surface area contributed by atoms with E-state index in [1.54, 1.807) is 6.08 Å². The molecular weight excluding hydrogens is 1050 g/mol. The Labute approximate surface area is 465 Å². The molecule has 2 aliphatic rings. The van der Waals surface area contributed by atoms with E-state index in [1.165, 1.54) is 6.92 Å². The fourth-order valence-electron chi connectivity index (χ4n) is 10.9. The van der Waals surface area contributed by atoms with Gasteiger partial charge in [0, 0.05) is 78.0 Å². The highest BCUT2D eigenvalue weighted by molar-refractivity contribution is 7.94. The van der Waals surface area contributed by atoms with Gasteiger partial charge in [-0.2, -0.15) is 4.36 Å². The molecule has 2 saturated heterocycles. The van der Waals surface area contributed by atoms with Gasteiger partial charge < -0.3 is 9.80 Å².